The molecule has 2 N–H and O–H groups in total. The molecule has 116 valence electrons. The molecule has 0 aliphatic heterocycles. The van der Waals surface area contributed by atoms with Crippen molar-refractivity contribution in [2.24, 2.45) is 0 Å². The van der Waals surface area contributed by atoms with Gasteiger partial charge in [-0.3, -0.25) is 9.59 Å². The zero-order valence-corrected chi connectivity index (χ0v) is 12.7. The van der Waals surface area contributed by atoms with Crippen molar-refractivity contribution in [2.45, 2.75) is 19.5 Å². The topological polar surface area (TPSA) is 63.1 Å². The molecular formula is C17H21N3O2. The van der Waals surface area contributed by atoms with Gasteiger partial charge in [0.1, 0.15) is 0 Å². The lowest BCUT2D eigenvalue weighted by molar-refractivity contribution is -0.121. The van der Waals surface area contributed by atoms with Crippen LogP contribution in [0.15, 0.2) is 53.5 Å². The largest absolute Gasteiger partial charge is 0.352 e. The minimum atomic E-state index is -0.0108. The molecule has 0 aliphatic carbocycles. The summed E-state index contributed by atoms with van der Waals surface area (Å²) >= 11 is 0. The highest BCUT2D eigenvalue weighted by Gasteiger charge is 2.01. The van der Waals surface area contributed by atoms with Crippen LogP contribution >= 0.6 is 0 Å². The smallest absolute Gasteiger partial charge is 0.250 e. The van der Waals surface area contributed by atoms with Crippen molar-refractivity contribution < 1.29 is 4.79 Å². The van der Waals surface area contributed by atoms with Crippen molar-refractivity contribution in [3.63, 3.8) is 0 Å². The lowest BCUT2D eigenvalue weighted by Crippen LogP contribution is -2.26. The second-order valence-corrected chi connectivity index (χ2v) is 5.11. The Morgan fingerprint density at radius 3 is 2.50 bits per heavy atom. The molecule has 5 heteroatoms. The summed E-state index contributed by atoms with van der Waals surface area (Å²) in [5.74, 6) is 0.0364. The van der Waals surface area contributed by atoms with E-state index in [1.54, 1.807) is 22.9 Å². The molecule has 0 unspecified atom stereocenters. The van der Waals surface area contributed by atoms with Crippen molar-refractivity contribution in [3.05, 3.63) is 70.1 Å². The van der Waals surface area contributed by atoms with Gasteiger partial charge in [0.05, 0.1) is 6.54 Å². The molecule has 1 amide bonds. The standard InChI is InChI=1S/C17H21N3O2/c1-18-10-9-16(21)19-12-14-5-7-15(8-6-14)13-20-11-3-2-4-17(20)22/h2-8,11,18H,9-10,12-13H2,1H3,(H,19,21). The average Bonchev–Trinajstić information content (AvgIpc) is 2.54. The number of amides is 1. The van der Waals surface area contributed by atoms with Crippen molar-refractivity contribution in [2.75, 3.05) is 13.6 Å². The van der Waals surface area contributed by atoms with Crippen LogP contribution in [0, 0.1) is 0 Å². The van der Waals surface area contributed by atoms with Gasteiger partial charge in [-0.1, -0.05) is 30.3 Å². The van der Waals surface area contributed by atoms with Gasteiger partial charge in [0, 0.05) is 31.8 Å². The third-order valence-corrected chi connectivity index (χ3v) is 3.37. The van der Waals surface area contributed by atoms with Gasteiger partial charge in [-0.25, -0.2) is 0 Å². The van der Waals surface area contributed by atoms with E-state index >= 15 is 0 Å². The van der Waals surface area contributed by atoms with E-state index in [0.29, 0.717) is 26.1 Å². The molecular weight excluding hydrogens is 278 g/mol. The van der Waals surface area contributed by atoms with Gasteiger partial charge in [-0.15, -0.1) is 0 Å². The third kappa shape index (κ3) is 4.86. The predicted molar refractivity (Wildman–Crippen MR) is 86.6 cm³/mol. The molecule has 0 aliphatic rings. The molecule has 0 radical (unpaired) electrons. The van der Waals surface area contributed by atoms with Crippen LogP contribution in [0.4, 0.5) is 0 Å². The molecule has 0 fully saturated rings. The number of carbonyl (C=O) groups excluding carboxylic acids is 1. The van der Waals surface area contributed by atoms with Gasteiger partial charge in [0.15, 0.2) is 0 Å². The summed E-state index contributed by atoms with van der Waals surface area (Å²) in [5.41, 5.74) is 2.09. The Bertz CT molecular complexity index is 662. The first kappa shape index (κ1) is 16.0. The van der Waals surface area contributed by atoms with Crippen LogP contribution in [0.1, 0.15) is 17.5 Å². The molecule has 0 spiro atoms. The van der Waals surface area contributed by atoms with E-state index in [1.165, 1.54) is 0 Å². The highest BCUT2D eigenvalue weighted by molar-refractivity contribution is 5.76. The van der Waals surface area contributed by atoms with Crippen LogP contribution in [-0.2, 0) is 17.9 Å². The van der Waals surface area contributed by atoms with Gasteiger partial charge in [-0.2, -0.15) is 0 Å². The molecule has 0 saturated carbocycles. The van der Waals surface area contributed by atoms with E-state index in [4.69, 9.17) is 0 Å². The Hall–Kier alpha value is -2.40. The Kier molecular flexibility index (Phi) is 5.91. The summed E-state index contributed by atoms with van der Waals surface area (Å²) in [4.78, 5) is 23.2. The van der Waals surface area contributed by atoms with Crippen molar-refractivity contribution >= 4 is 5.91 Å². The third-order valence-electron chi connectivity index (χ3n) is 3.37. The first-order valence-corrected chi connectivity index (χ1v) is 7.33. The van der Waals surface area contributed by atoms with Gasteiger partial charge in [-0.05, 0) is 24.2 Å². The van der Waals surface area contributed by atoms with Crippen LogP contribution in [0.3, 0.4) is 0 Å². The number of nitrogens with one attached hydrogen (secondary N) is 2. The number of hydrogen-bond donors (Lipinski definition) is 2. The summed E-state index contributed by atoms with van der Waals surface area (Å²) in [6.07, 6.45) is 2.25. The molecule has 5 nitrogen and oxygen atoms in total. The van der Waals surface area contributed by atoms with E-state index in [2.05, 4.69) is 10.6 Å². The maximum absolute atomic E-state index is 11.7. The summed E-state index contributed by atoms with van der Waals surface area (Å²) in [7, 11) is 1.82. The van der Waals surface area contributed by atoms with Crippen molar-refractivity contribution in [1.82, 2.24) is 15.2 Å². The van der Waals surface area contributed by atoms with E-state index in [1.807, 2.05) is 37.4 Å². The van der Waals surface area contributed by atoms with E-state index in [9.17, 15) is 9.59 Å². The Morgan fingerprint density at radius 1 is 1.09 bits per heavy atom. The zero-order valence-electron chi connectivity index (χ0n) is 12.7. The quantitative estimate of drug-likeness (QED) is 0.805. The SMILES string of the molecule is CNCCC(=O)NCc1ccc(Cn2ccccc2=O)cc1. The molecule has 1 aromatic carbocycles. The number of benzene rings is 1. The molecule has 2 aromatic rings. The number of hydrogen-bond acceptors (Lipinski definition) is 3. The maximum Gasteiger partial charge on any atom is 0.250 e. The highest BCUT2D eigenvalue weighted by atomic mass is 16.1. The molecule has 2 rings (SSSR count). The monoisotopic (exact) mass is 299 g/mol. The van der Waals surface area contributed by atoms with Crippen LogP contribution in [-0.4, -0.2) is 24.1 Å². The van der Waals surface area contributed by atoms with Crippen LogP contribution in [0.5, 0.6) is 0 Å². The first-order chi connectivity index (χ1) is 10.7. The molecule has 0 atom stereocenters. The second-order valence-electron chi connectivity index (χ2n) is 5.11. The molecule has 1 heterocycles. The number of nitrogens with zero attached hydrogens (tertiary/aromatic N) is 1. The molecule has 22 heavy (non-hydrogen) atoms. The van der Waals surface area contributed by atoms with Crippen molar-refractivity contribution in [1.29, 1.82) is 0 Å². The summed E-state index contributed by atoms with van der Waals surface area (Å²) in [6.45, 7) is 1.75. The van der Waals surface area contributed by atoms with Crippen LogP contribution < -0.4 is 16.2 Å². The minimum absolute atomic E-state index is 0.0108. The molecule has 0 bridgehead atoms. The maximum atomic E-state index is 11.7. The normalized spacial score (nSPS) is 10.4. The average molecular weight is 299 g/mol. The summed E-state index contributed by atoms with van der Waals surface area (Å²) < 4.78 is 1.66. The summed E-state index contributed by atoms with van der Waals surface area (Å²) in [5, 5.41) is 5.82. The van der Waals surface area contributed by atoms with Gasteiger partial charge in [0.2, 0.25) is 5.91 Å². The van der Waals surface area contributed by atoms with E-state index < -0.39 is 0 Å². The zero-order chi connectivity index (χ0) is 15.8. The predicted octanol–water partition coefficient (Wildman–Crippen LogP) is 1.12. The van der Waals surface area contributed by atoms with Crippen LogP contribution in [0.2, 0.25) is 0 Å². The fraction of sp³-hybridized carbons (Fsp3) is 0.294. The van der Waals surface area contributed by atoms with Gasteiger partial charge in [0.25, 0.3) is 5.56 Å². The molecule has 1 aromatic heterocycles. The van der Waals surface area contributed by atoms with E-state index in [-0.39, 0.29) is 11.5 Å². The molecule has 0 saturated heterocycles. The number of rotatable bonds is 7. The van der Waals surface area contributed by atoms with Gasteiger partial charge < -0.3 is 15.2 Å². The first-order valence-electron chi connectivity index (χ1n) is 7.33. The Labute approximate surface area is 130 Å². The number of carbonyl (C=O) groups is 1. The lowest BCUT2D eigenvalue weighted by atomic mass is 10.1. The van der Waals surface area contributed by atoms with Crippen molar-refractivity contribution in [3.8, 4) is 0 Å². The Balaban J connectivity index is 1.89. The number of pyridine rings is 1. The lowest BCUT2D eigenvalue weighted by Gasteiger charge is -2.08. The van der Waals surface area contributed by atoms with Crippen LogP contribution in [0.25, 0.3) is 0 Å². The number of aromatic nitrogens is 1. The fourth-order valence-corrected chi connectivity index (χ4v) is 2.08. The fourth-order valence-electron chi connectivity index (χ4n) is 2.08. The van der Waals surface area contributed by atoms with E-state index in [0.717, 1.165) is 11.1 Å². The summed E-state index contributed by atoms with van der Waals surface area (Å²) in [6, 6.07) is 13.0. The Morgan fingerprint density at radius 2 is 1.82 bits per heavy atom. The van der Waals surface area contributed by atoms with Gasteiger partial charge >= 0.3 is 0 Å². The highest BCUT2D eigenvalue weighted by Crippen LogP contribution is 2.05. The minimum Gasteiger partial charge on any atom is -0.352 e. The second kappa shape index (κ2) is 8.14.